The van der Waals surface area contributed by atoms with Gasteiger partial charge in [-0.25, -0.2) is 8.42 Å². The first-order valence-electron chi connectivity index (χ1n) is 10.6. The summed E-state index contributed by atoms with van der Waals surface area (Å²) in [5.74, 6) is 5.06. The maximum Gasteiger partial charge on any atom is 0.287 e. The van der Waals surface area contributed by atoms with Crippen LogP contribution in [-0.4, -0.2) is 35.1 Å². The molecule has 1 aromatic heterocycles. The second-order valence-corrected chi connectivity index (χ2v) is 13.8. The molecule has 0 bridgehead atoms. The lowest BCUT2D eigenvalue weighted by Gasteiger charge is -2.23. The second kappa shape index (κ2) is 9.94. The van der Waals surface area contributed by atoms with Crippen LogP contribution in [-0.2, 0) is 14.6 Å². The van der Waals surface area contributed by atoms with Crippen LogP contribution in [0.1, 0.15) is 61.5 Å². The van der Waals surface area contributed by atoms with Crippen molar-refractivity contribution >= 4 is 50.0 Å². The maximum absolute atomic E-state index is 13.2. The van der Waals surface area contributed by atoms with Crippen molar-refractivity contribution in [3.63, 3.8) is 0 Å². The Morgan fingerprint density at radius 3 is 2.53 bits per heavy atom. The van der Waals surface area contributed by atoms with Crippen LogP contribution in [0.3, 0.4) is 0 Å². The molecule has 3 amide bonds. The molecule has 1 aromatic carbocycles. The molecular formula is C24H26N2O5S3. The Balaban J connectivity index is 1.74. The SMILES string of the molecule is Cc1ccc(C(=O)NC(C)(C)C)cc1C#CCCCC1(S(=O)(=O)c2cccs2)SC(=O)NC1=O. The normalized spacial score (nSPS) is 18.2. The lowest BCUT2D eigenvalue weighted by molar-refractivity contribution is -0.120. The van der Waals surface area contributed by atoms with Gasteiger partial charge in [-0.2, -0.15) is 0 Å². The number of thiophene rings is 1. The van der Waals surface area contributed by atoms with Crippen LogP contribution >= 0.6 is 23.1 Å². The summed E-state index contributed by atoms with van der Waals surface area (Å²) in [6, 6.07) is 8.33. The van der Waals surface area contributed by atoms with E-state index in [4.69, 9.17) is 0 Å². The van der Waals surface area contributed by atoms with Crippen LogP contribution in [0, 0.1) is 18.8 Å². The third-order valence-electron chi connectivity index (χ3n) is 5.03. The van der Waals surface area contributed by atoms with Gasteiger partial charge in [-0.1, -0.05) is 24.0 Å². The molecular weight excluding hydrogens is 492 g/mol. The van der Waals surface area contributed by atoms with Crippen LogP contribution < -0.4 is 10.6 Å². The first kappa shape index (κ1) is 26.0. The summed E-state index contributed by atoms with van der Waals surface area (Å²) in [5, 5.41) is 5.98. The number of carbonyl (C=O) groups excluding carboxylic acids is 3. The molecule has 10 heteroatoms. The van der Waals surface area contributed by atoms with Gasteiger partial charge in [0.25, 0.3) is 17.1 Å². The number of sulfone groups is 1. The Kier molecular flexibility index (Phi) is 7.60. The highest BCUT2D eigenvalue weighted by molar-refractivity contribution is 8.25. The van der Waals surface area contributed by atoms with Gasteiger partial charge in [0, 0.05) is 23.1 Å². The zero-order chi connectivity index (χ0) is 25.1. The van der Waals surface area contributed by atoms with Crippen molar-refractivity contribution in [2.45, 2.75) is 60.8 Å². The van der Waals surface area contributed by atoms with Crippen LogP contribution in [0.4, 0.5) is 4.79 Å². The third kappa shape index (κ3) is 5.54. The number of rotatable bonds is 6. The summed E-state index contributed by atoms with van der Waals surface area (Å²) < 4.78 is 24.6. The first-order valence-corrected chi connectivity index (χ1v) is 13.8. The number of carbonyl (C=O) groups is 3. The largest absolute Gasteiger partial charge is 0.347 e. The second-order valence-electron chi connectivity index (χ2n) is 8.92. The van der Waals surface area contributed by atoms with Crippen molar-refractivity contribution in [3.05, 3.63) is 52.4 Å². The van der Waals surface area contributed by atoms with Crippen molar-refractivity contribution in [1.29, 1.82) is 0 Å². The molecule has 0 spiro atoms. The molecule has 2 heterocycles. The van der Waals surface area contributed by atoms with E-state index in [9.17, 15) is 22.8 Å². The molecule has 0 radical (unpaired) electrons. The molecule has 1 atom stereocenters. The maximum atomic E-state index is 13.2. The van der Waals surface area contributed by atoms with E-state index in [-0.39, 0.29) is 22.1 Å². The number of unbranched alkanes of at least 4 members (excludes halogenated alkanes) is 1. The third-order valence-corrected chi connectivity index (χ3v) is 10.5. The molecule has 2 aromatic rings. The Labute approximate surface area is 208 Å². The van der Waals surface area contributed by atoms with Crippen molar-refractivity contribution in [2.75, 3.05) is 0 Å². The lowest BCUT2D eigenvalue weighted by Crippen LogP contribution is -2.43. The molecule has 1 saturated heterocycles. The van der Waals surface area contributed by atoms with E-state index in [1.165, 1.54) is 6.07 Å². The molecule has 34 heavy (non-hydrogen) atoms. The Morgan fingerprint density at radius 1 is 1.21 bits per heavy atom. The van der Waals surface area contributed by atoms with Crippen LogP contribution in [0.25, 0.3) is 0 Å². The van der Waals surface area contributed by atoms with E-state index in [1.54, 1.807) is 23.6 Å². The molecule has 3 rings (SSSR count). The highest BCUT2D eigenvalue weighted by Crippen LogP contribution is 2.45. The highest BCUT2D eigenvalue weighted by Gasteiger charge is 2.58. The zero-order valence-electron chi connectivity index (χ0n) is 19.4. The summed E-state index contributed by atoms with van der Waals surface area (Å²) in [7, 11) is -4.06. The van der Waals surface area contributed by atoms with Gasteiger partial charge in [0.05, 0.1) is 0 Å². The minimum atomic E-state index is -4.06. The summed E-state index contributed by atoms with van der Waals surface area (Å²) in [5.41, 5.74) is 1.75. The molecule has 1 unspecified atom stereocenters. The van der Waals surface area contributed by atoms with E-state index in [2.05, 4.69) is 22.5 Å². The summed E-state index contributed by atoms with van der Waals surface area (Å²) >= 11 is 1.53. The minimum absolute atomic E-state index is 0.0445. The molecule has 0 aliphatic carbocycles. The van der Waals surface area contributed by atoms with Gasteiger partial charge in [-0.05, 0) is 81.4 Å². The fraction of sp³-hybridized carbons (Fsp3) is 0.375. The number of hydrogen-bond acceptors (Lipinski definition) is 7. The van der Waals surface area contributed by atoms with Crippen molar-refractivity contribution < 1.29 is 22.8 Å². The quantitative estimate of drug-likeness (QED) is 0.437. The van der Waals surface area contributed by atoms with Crippen LogP contribution in [0.5, 0.6) is 0 Å². The van der Waals surface area contributed by atoms with E-state index < -0.39 is 25.1 Å². The molecule has 180 valence electrons. The Bertz CT molecular complexity index is 1280. The van der Waals surface area contributed by atoms with Gasteiger partial charge in [0.1, 0.15) is 4.21 Å². The van der Waals surface area contributed by atoms with E-state index in [0.29, 0.717) is 35.7 Å². The smallest absolute Gasteiger partial charge is 0.287 e. The Hall–Kier alpha value is -2.61. The molecule has 1 aliphatic rings. The summed E-state index contributed by atoms with van der Waals surface area (Å²) in [6.07, 6.45) is 0.577. The zero-order valence-corrected chi connectivity index (χ0v) is 21.8. The molecule has 1 fully saturated rings. The topological polar surface area (TPSA) is 109 Å². The average Bonchev–Trinajstić information content (AvgIpc) is 3.37. The fourth-order valence-corrected chi connectivity index (χ4v) is 8.11. The van der Waals surface area contributed by atoms with Gasteiger partial charge in [0.15, 0.2) is 0 Å². The number of thioether (sulfide) groups is 1. The first-order chi connectivity index (χ1) is 15.9. The fourth-order valence-electron chi connectivity index (χ4n) is 3.34. The number of imide groups is 1. The number of hydrogen-bond donors (Lipinski definition) is 2. The van der Waals surface area contributed by atoms with Gasteiger partial charge in [0.2, 0.25) is 13.9 Å². The monoisotopic (exact) mass is 518 g/mol. The lowest BCUT2D eigenvalue weighted by atomic mass is 10.0. The van der Waals surface area contributed by atoms with Gasteiger partial charge in [-0.3, -0.25) is 19.7 Å². The predicted molar refractivity (Wildman–Crippen MR) is 134 cm³/mol. The molecule has 2 N–H and O–H groups in total. The van der Waals surface area contributed by atoms with Crippen molar-refractivity contribution in [2.24, 2.45) is 0 Å². The predicted octanol–water partition coefficient (Wildman–Crippen LogP) is 4.26. The van der Waals surface area contributed by atoms with Gasteiger partial charge < -0.3 is 5.32 Å². The van der Waals surface area contributed by atoms with Gasteiger partial charge >= 0.3 is 0 Å². The summed E-state index contributed by atoms with van der Waals surface area (Å²) in [6.45, 7) is 7.61. The summed E-state index contributed by atoms with van der Waals surface area (Å²) in [4.78, 5) is 36.9. The van der Waals surface area contributed by atoms with E-state index in [0.717, 1.165) is 16.9 Å². The average molecular weight is 519 g/mol. The molecule has 0 saturated carbocycles. The molecule has 7 nitrogen and oxygen atoms in total. The number of amides is 3. The van der Waals surface area contributed by atoms with Crippen molar-refractivity contribution in [1.82, 2.24) is 10.6 Å². The standard InChI is InChI=1S/C24H26N2O5S3/c1-16-11-12-18(20(27)26-23(2,3)4)15-17(16)9-6-5-7-13-24(21(28)25-22(29)33-24)34(30,31)19-10-8-14-32-19/h8,10-12,14-15H,5,7,13H2,1-4H3,(H,26,27)(H,25,28,29). The number of benzene rings is 1. The number of aryl methyl sites for hydroxylation is 1. The van der Waals surface area contributed by atoms with Crippen LogP contribution in [0.2, 0.25) is 0 Å². The molecule has 1 aliphatic heterocycles. The highest BCUT2D eigenvalue weighted by atomic mass is 32.3. The van der Waals surface area contributed by atoms with Crippen molar-refractivity contribution in [3.8, 4) is 11.8 Å². The van der Waals surface area contributed by atoms with Gasteiger partial charge in [-0.15, -0.1) is 11.3 Å². The Morgan fingerprint density at radius 2 is 1.94 bits per heavy atom. The van der Waals surface area contributed by atoms with E-state index >= 15 is 0 Å². The number of nitrogens with one attached hydrogen (secondary N) is 2. The van der Waals surface area contributed by atoms with E-state index in [1.807, 2.05) is 33.8 Å². The minimum Gasteiger partial charge on any atom is -0.347 e. The van der Waals surface area contributed by atoms with Crippen LogP contribution in [0.15, 0.2) is 39.9 Å².